The number of nitrogens with one attached hydrogen (secondary N) is 1. The third-order valence-electron chi connectivity index (χ3n) is 5.64. The molecule has 0 bridgehead atoms. The molecule has 1 aromatic rings. The van der Waals surface area contributed by atoms with E-state index in [1.54, 1.807) is 12.1 Å². The molecule has 1 aromatic carbocycles. The Balaban J connectivity index is 1.35. The number of amides is 2. The van der Waals surface area contributed by atoms with Crippen LogP contribution < -0.4 is 10.5 Å². The topological polar surface area (TPSA) is 116 Å². The van der Waals surface area contributed by atoms with E-state index in [1.807, 2.05) is 4.90 Å². The predicted molar refractivity (Wildman–Crippen MR) is 113 cm³/mol. The summed E-state index contributed by atoms with van der Waals surface area (Å²) >= 11 is 0. The number of piperazine rings is 1. The van der Waals surface area contributed by atoms with Crippen molar-refractivity contribution in [1.29, 1.82) is 0 Å². The number of piperidine rings is 1. The first-order valence-electron chi connectivity index (χ1n) is 10.4. The van der Waals surface area contributed by atoms with Crippen LogP contribution in [0.3, 0.4) is 0 Å². The molecule has 0 aromatic heterocycles. The molecule has 30 heavy (non-hydrogen) atoms. The SMILES string of the molecule is NS(=O)(=O)c1ccc(CNC(=O)CN2CCN(CC(=O)N3CCCCC3)CC2)cc1. The fourth-order valence-corrected chi connectivity index (χ4v) is 4.31. The van der Waals surface area contributed by atoms with Gasteiger partial charge in [-0.15, -0.1) is 0 Å². The molecule has 2 aliphatic heterocycles. The molecule has 2 saturated heterocycles. The van der Waals surface area contributed by atoms with E-state index in [2.05, 4.69) is 15.1 Å². The Hall–Kier alpha value is -2.01. The van der Waals surface area contributed by atoms with Crippen LogP contribution in [0.4, 0.5) is 0 Å². The molecule has 166 valence electrons. The second-order valence-corrected chi connectivity index (χ2v) is 9.52. The van der Waals surface area contributed by atoms with Crippen LogP contribution in [0.5, 0.6) is 0 Å². The van der Waals surface area contributed by atoms with Crippen molar-refractivity contribution >= 4 is 21.8 Å². The molecule has 0 saturated carbocycles. The molecule has 0 spiro atoms. The van der Waals surface area contributed by atoms with Crippen molar-refractivity contribution in [3.63, 3.8) is 0 Å². The lowest BCUT2D eigenvalue weighted by atomic mass is 10.1. The Morgan fingerprint density at radius 1 is 0.867 bits per heavy atom. The zero-order valence-corrected chi connectivity index (χ0v) is 18.1. The minimum atomic E-state index is -3.71. The Labute approximate surface area is 178 Å². The summed E-state index contributed by atoms with van der Waals surface area (Å²) in [6, 6.07) is 6.14. The molecule has 3 N–H and O–H groups in total. The number of sulfonamides is 1. The molecule has 2 aliphatic rings. The van der Waals surface area contributed by atoms with Gasteiger partial charge in [0.05, 0.1) is 18.0 Å². The monoisotopic (exact) mass is 437 g/mol. The van der Waals surface area contributed by atoms with Crippen molar-refractivity contribution < 1.29 is 18.0 Å². The first-order valence-corrected chi connectivity index (χ1v) is 12.0. The maximum Gasteiger partial charge on any atom is 0.238 e. The summed E-state index contributed by atoms with van der Waals surface area (Å²) in [4.78, 5) is 30.9. The molecule has 10 heteroatoms. The maximum atomic E-state index is 12.4. The summed E-state index contributed by atoms with van der Waals surface area (Å²) in [6.45, 7) is 5.93. The highest BCUT2D eigenvalue weighted by atomic mass is 32.2. The van der Waals surface area contributed by atoms with E-state index in [-0.39, 0.29) is 16.7 Å². The van der Waals surface area contributed by atoms with Gasteiger partial charge >= 0.3 is 0 Å². The lowest BCUT2D eigenvalue weighted by Crippen LogP contribution is -2.52. The second-order valence-electron chi connectivity index (χ2n) is 7.96. The van der Waals surface area contributed by atoms with Crippen molar-refractivity contribution in [3.8, 4) is 0 Å². The van der Waals surface area contributed by atoms with E-state index in [1.165, 1.54) is 18.6 Å². The zero-order valence-electron chi connectivity index (χ0n) is 17.3. The van der Waals surface area contributed by atoms with Gasteiger partial charge in [0.25, 0.3) is 0 Å². The van der Waals surface area contributed by atoms with Crippen LogP contribution in [0, 0.1) is 0 Å². The highest BCUT2D eigenvalue weighted by Gasteiger charge is 2.23. The maximum absolute atomic E-state index is 12.4. The van der Waals surface area contributed by atoms with Gasteiger partial charge in [0.1, 0.15) is 0 Å². The minimum absolute atomic E-state index is 0.0502. The first kappa shape index (κ1) is 22.7. The van der Waals surface area contributed by atoms with Gasteiger partial charge in [-0.3, -0.25) is 19.4 Å². The van der Waals surface area contributed by atoms with Crippen LogP contribution in [0.1, 0.15) is 24.8 Å². The van der Waals surface area contributed by atoms with Crippen molar-refractivity contribution in [2.45, 2.75) is 30.7 Å². The molecule has 2 fully saturated rings. The van der Waals surface area contributed by atoms with Crippen LogP contribution in [-0.4, -0.2) is 87.3 Å². The van der Waals surface area contributed by atoms with Gasteiger partial charge in [0.2, 0.25) is 21.8 Å². The Morgan fingerprint density at radius 2 is 1.43 bits per heavy atom. The van der Waals surface area contributed by atoms with Crippen LogP contribution in [-0.2, 0) is 26.2 Å². The summed E-state index contributed by atoms with van der Waals surface area (Å²) < 4.78 is 22.5. The van der Waals surface area contributed by atoms with E-state index in [0.717, 1.165) is 57.7 Å². The number of carbonyl (C=O) groups is 2. The standard InChI is InChI=1S/C20H31N5O4S/c21-30(28,29)18-6-4-17(5-7-18)14-22-19(26)15-23-10-12-24(13-11-23)16-20(27)25-8-2-1-3-9-25/h4-7H,1-3,8-16H2,(H,22,26)(H2,21,28,29). The predicted octanol–water partition coefficient (Wildman–Crippen LogP) is -0.420. The highest BCUT2D eigenvalue weighted by molar-refractivity contribution is 7.89. The van der Waals surface area contributed by atoms with Crippen LogP contribution in [0.2, 0.25) is 0 Å². The quantitative estimate of drug-likeness (QED) is 0.599. The second kappa shape index (κ2) is 10.3. The van der Waals surface area contributed by atoms with Gasteiger partial charge in [0.15, 0.2) is 0 Å². The van der Waals surface area contributed by atoms with Crippen LogP contribution in [0.25, 0.3) is 0 Å². The van der Waals surface area contributed by atoms with E-state index < -0.39 is 10.0 Å². The number of hydrogen-bond acceptors (Lipinski definition) is 6. The zero-order chi connectivity index (χ0) is 21.6. The van der Waals surface area contributed by atoms with E-state index in [0.29, 0.717) is 19.6 Å². The average molecular weight is 438 g/mol. The highest BCUT2D eigenvalue weighted by Crippen LogP contribution is 2.11. The molecule has 2 amide bonds. The van der Waals surface area contributed by atoms with Gasteiger partial charge in [-0.25, -0.2) is 13.6 Å². The number of likely N-dealkylation sites (tertiary alicyclic amines) is 1. The average Bonchev–Trinajstić information content (AvgIpc) is 2.74. The van der Waals surface area contributed by atoms with E-state index in [9.17, 15) is 18.0 Å². The van der Waals surface area contributed by atoms with Gasteiger partial charge in [-0.2, -0.15) is 0 Å². The number of nitrogens with zero attached hydrogens (tertiary/aromatic N) is 3. The lowest BCUT2D eigenvalue weighted by molar-refractivity contribution is -0.134. The summed E-state index contributed by atoms with van der Waals surface area (Å²) in [5, 5.41) is 7.94. The first-order chi connectivity index (χ1) is 14.3. The molecule has 3 rings (SSSR count). The van der Waals surface area contributed by atoms with Gasteiger partial charge in [-0.1, -0.05) is 12.1 Å². The smallest absolute Gasteiger partial charge is 0.238 e. The fourth-order valence-electron chi connectivity index (χ4n) is 3.80. The van der Waals surface area contributed by atoms with E-state index in [4.69, 9.17) is 5.14 Å². The van der Waals surface area contributed by atoms with Crippen molar-refractivity contribution in [2.24, 2.45) is 5.14 Å². The number of nitrogens with two attached hydrogens (primary N) is 1. The Kier molecular flexibility index (Phi) is 7.81. The normalized spacial score (nSPS) is 18.9. The van der Waals surface area contributed by atoms with Crippen molar-refractivity contribution in [1.82, 2.24) is 20.0 Å². The summed E-state index contributed by atoms with van der Waals surface area (Å²) in [5.74, 6) is 0.137. The lowest BCUT2D eigenvalue weighted by Gasteiger charge is -2.35. The summed E-state index contributed by atoms with van der Waals surface area (Å²) in [5.41, 5.74) is 0.803. The molecular weight excluding hydrogens is 406 g/mol. The fraction of sp³-hybridized carbons (Fsp3) is 0.600. The Bertz CT molecular complexity index is 829. The summed E-state index contributed by atoms with van der Waals surface area (Å²) in [7, 11) is -3.71. The molecule has 9 nitrogen and oxygen atoms in total. The largest absolute Gasteiger partial charge is 0.351 e. The number of primary sulfonamides is 1. The van der Waals surface area contributed by atoms with Crippen LogP contribution >= 0.6 is 0 Å². The molecule has 0 unspecified atom stereocenters. The van der Waals surface area contributed by atoms with Crippen molar-refractivity contribution in [2.75, 3.05) is 52.4 Å². The number of benzene rings is 1. The molecule has 0 aliphatic carbocycles. The number of rotatable bonds is 7. The van der Waals surface area contributed by atoms with Gasteiger partial charge < -0.3 is 10.2 Å². The van der Waals surface area contributed by atoms with Crippen molar-refractivity contribution in [3.05, 3.63) is 29.8 Å². The van der Waals surface area contributed by atoms with Crippen LogP contribution in [0.15, 0.2) is 29.2 Å². The third kappa shape index (κ3) is 6.76. The van der Waals surface area contributed by atoms with E-state index >= 15 is 0 Å². The Morgan fingerprint density at radius 3 is 2.00 bits per heavy atom. The third-order valence-corrected chi connectivity index (χ3v) is 6.57. The summed E-state index contributed by atoms with van der Waals surface area (Å²) in [6.07, 6.45) is 3.42. The number of hydrogen-bond donors (Lipinski definition) is 2. The molecule has 0 radical (unpaired) electrons. The number of carbonyl (C=O) groups excluding carboxylic acids is 2. The van der Waals surface area contributed by atoms with Gasteiger partial charge in [-0.05, 0) is 37.0 Å². The minimum Gasteiger partial charge on any atom is -0.351 e. The molecule has 2 heterocycles. The molecule has 0 atom stereocenters. The van der Waals surface area contributed by atoms with Gasteiger partial charge in [0, 0.05) is 45.8 Å². The molecular formula is C20H31N5O4S.